The zero-order chi connectivity index (χ0) is 11.3. The molecule has 5 heteroatoms. The lowest BCUT2D eigenvalue weighted by atomic mass is 10.2. The fourth-order valence-electron chi connectivity index (χ4n) is 1.13. The summed E-state index contributed by atoms with van der Waals surface area (Å²) < 4.78 is 9.82. The highest BCUT2D eigenvalue weighted by Gasteiger charge is 2.10. The molecule has 0 atom stereocenters. The van der Waals surface area contributed by atoms with E-state index in [-0.39, 0.29) is 12.4 Å². The molecule has 1 rings (SSSR count). The molecular weight excluding hydrogens is 218 g/mol. The maximum absolute atomic E-state index is 11.2. The molecule has 0 amide bonds. The van der Waals surface area contributed by atoms with Gasteiger partial charge in [0.2, 0.25) is 5.88 Å². The summed E-state index contributed by atoms with van der Waals surface area (Å²) in [5.74, 6) is 0.0514. The summed E-state index contributed by atoms with van der Waals surface area (Å²) in [5, 5.41) is 0.333. The Bertz CT molecular complexity index is 355. The largest absolute Gasteiger partial charge is 0.481 e. The molecule has 0 saturated heterocycles. The second-order valence-electron chi connectivity index (χ2n) is 2.78. The van der Waals surface area contributed by atoms with Crippen LogP contribution >= 0.6 is 11.6 Å². The number of nitrogens with zero attached hydrogens (tertiary/aromatic N) is 1. The van der Waals surface area contributed by atoms with Gasteiger partial charge in [-0.3, -0.25) is 4.79 Å². The Balaban J connectivity index is 2.80. The standard InChI is InChI=1S/C10H12ClNO3/c1-3-15-9(13)6-7-4-5-8(11)12-10(7)14-2/h4-5H,3,6H2,1-2H3. The van der Waals surface area contributed by atoms with E-state index in [1.165, 1.54) is 7.11 Å². The van der Waals surface area contributed by atoms with E-state index in [2.05, 4.69) is 4.98 Å². The molecule has 0 aliphatic rings. The van der Waals surface area contributed by atoms with Gasteiger partial charge in [0.05, 0.1) is 20.1 Å². The average molecular weight is 230 g/mol. The third kappa shape index (κ3) is 3.40. The van der Waals surface area contributed by atoms with Gasteiger partial charge < -0.3 is 9.47 Å². The molecule has 0 bridgehead atoms. The summed E-state index contributed by atoms with van der Waals surface area (Å²) in [5.41, 5.74) is 0.667. The molecule has 1 aromatic heterocycles. The van der Waals surface area contributed by atoms with Gasteiger partial charge in [-0.25, -0.2) is 4.98 Å². The van der Waals surface area contributed by atoms with Crippen molar-refractivity contribution in [3.8, 4) is 5.88 Å². The highest BCUT2D eigenvalue weighted by atomic mass is 35.5. The molecule has 82 valence electrons. The predicted octanol–water partition coefficient (Wildman–Crippen LogP) is 1.85. The number of halogens is 1. The maximum Gasteiger partial charge on any atom is 0.310 e. The van der Waals surface area contributed by atoms with Crippen molar-refractivity contribution in [1.82, 2.24) is 4.98 Å². The minimum Gasteiger partial charge on any atom is -0.481 e. The van der Waals surface area contributed by atoms with Crippen LogP contribution in [0.3, 0.4) is 0 Å². The summed E-state index contributed by atoms with van der Waals surface area (Å²) >= 11 is 5.69. The van der Waals surface area contributed by atoms with E-state index >= 15 is 0 Å². The van der Waals surface area contributed by atoms with Crippen molar-refractivity contribution in [2.75, 3.05) is 13.7 Å². The van der Waals surface area contributed by atoms with Crippen LogP contribution in [-0.4, -0.2) is 24.7 Å². The average Bonchev–Trinajstić information content (AvgIpc) is 2.21. The normalized spacial score (nSPS) is 9.80. The SMILES string of the molecule is CCOC(=O)Cc1ccc(Cl)nc1OC. The van der Waals surface area contributed by atoms with E-state index in [0.29, 0.717) is 23.2 Å². The zero-order valence-electron chi connectivity index (χ0n) is 8.62. The Kier molecular flexibility index (Phi) is 4.37. The third-order valence-electron chi connectivity index (χ3n) is 1.74. The van der Waals surface area contributed by atoms with Crippen molar-refractivity contribution in [2.24, 2.45) is 0 Å². The minimum absolute atomic E-state index is 0.140. The van der Waals surface area contributed by atoms with Gasteiger partial charge in [-0.15, -0.1) is 0 Å². The van der Waals surface area contributed by atoms with Gasteiger partial charge in [0, 0.05) is 5.56 Å². The van der Waals surface area contributed by atoms with Crippen LogP contribution in [-0.2, 0) is 16.0 Å². The van der Waals surface area contributed by atoms with Crippen molar-refractivity contribution in [1.29, 1.82) is 0 Å². The Morgan fingerprint density at radius 1 is 1.53 bits per heavy atom. The number of aromatic nitrogens is 1. The van der Waals surface area contributed by atoms with Crippen molar-refractivity contribution >= 4 is 17.6 Å². The highest BCUT2D eigenvalue weighted by molar-refractivity contribution is 6.29. The lowest BCUT2D eigenvalue weighted by Crippen LogP contribution is -2.09. The fraction of sp³-hybridized carbons (Fsp3) is 0.400. The van der Waals surface area contributed by atoms with Crippen LogP contribution in [0.5, 0.6) is 5.88 Å². The summed E-state index contributed by atoms with van der Waals surface area (Å²) in [7, 11) is 1.48. The number of pyridine rings is 1. The van der Waals surface area contributed by atoms with Crippen LogP contribution in [0.4, 0.5) is 0 Å². The minimum atomic E-state index is -0.306. The van der Waals surface area contributed by atoms with E-state index in [9.17, 15) is 4.79 Å². The van der Waals surface area contributed by atoms with E-state index in [1.54, 1.807) is 19.1 Å². The Morgan fingerprint density at radius 2 is 2.27 bits per heavy atom. The molecule has 1 aromatic rings. The van der Waals surface area contributed by atoms with Crippen molar-refractivity contribution in [2.45, 2.75) is 13.3 Å². The number of ether oxygens (including phenoxy) is 2. The van der Waals surface area contributed by atoms with Gasteiger partial charge in [0.15, 0.2) is 0 Å². The molecule has 0 saturated carbocycles. The number of rotatable bonds is 4. The predicted molar refractivity (Wildman–Crippen MR) is 56.1 cm³/mol. The molecule has 4 nitrogen and oxygen atoms in total. The first-order chi connectivity index (χ1) is 7.17. The van der Waals surface area contributed by atoms with Gasteiger partial charge in [0.1, 0.15) is 5.15 Å². The summed E-state index contributed by atoms with van der Waals surface area (Å²) in [6.45, 7) is 2.12. The van der Waals surface area contributed by atoms with E-state index in [0.717, 1.165) is 0 Å². The smallest absolute Gasteiger partial charge is 0.310 e. The van der Waals surface area contributed by atoms with Gasteiger partial charge in [-0.2, -0.15) is 0 Å². The molecule has 0 radical (unpaired) electrons. The van der Waals surface area contributed by atoms with E-state index < -0.39 is 0 Å². The topological polar surface area (TPSA) is 48.4 Å². The Morgan fingerprint density at radius 3 is 2.87 bits per heavy atom. The van der Waals surface area contributed by atoms with Gasteiger partial charge in [-0.05, 0) is 13.0 Å². The van der Waals surface area contributed by atoms with Crippen LogP contribution in [0.1, 0.15) is 12.5 Å². The Labute approximate surface area is 93.2 Å². The first kappa shape index (κ1) is 11.8. The van der Waals surface area contributed by atoms with Crippen LogP contribution < -0.4 is 4.74 Å². The molecule has 0 spiro atoms. The van der Waals surface area contributed by atoms with E-state index in [1.807, 2.05) is 0 Å². The zero-order valence-corrected chi connectivity index (χ0v) is 9.37. The number of hydrogen-bond acceptors (Lipinski definition) is 4. The number of methoxy groups -OCH3 is 1. The lowest BCUT2D eigenvalue weighted by Gasteiger charge is -2.06. The van der Waals surface area contributed by atoms with Crippen molar-refractivity contribution in [3.05, 3.63) is 22.8 Å². The molecule has 0 N–H and O–H groups in total. The molecule has 0 unspecified atom stereocenters. The number of carbonyl (C=O) groups is 1. The first-order valence-corrected chi connectivity index (χ1v) is 4.90. The monoisotopic (exact) mass is 229 g/mol. The van der Waals surface area contributed by atoms with Crippen LogP contribution in [0, 0.1) is 0 Å². The lowest BCUT2D eigenvalue weighted by molar-refractivity contribution is -0.142. The molecule has 1 heterocycles. The molecule has 0 aromatic carbocycles. The highest BCUT2D eigenvalue weighted by Crippen LogP contribution is 2.19. The van der Waals surface area contributed by atoms with Crippen LogP contribution in [0.25, 0.3) is 0 Å². The van der Waals surface area contributed by atoms with Gasteiger partial charge in [0.25, 0.3) is 0 Å². The van der Waals surface area contributed by atoms with Crippen molar-refractivity contribution < 1.29 is 14.3 Å². The quantitative estimate of drug-likeness (QED) is 0.584. The number of hydrogen-bond donors (Lipinski definition) is 0. The van der Waals surface area contributed by atoms with Crippen LogP contribution in [0.2, 0.25) is 5.15 Å². The molecule has 0 fully saturated rings. The fourth-order valence-corrected chi connectivity index (χ4v) is 1.27. The molecule has 0 aliphatic heterocycles. The van der Waals surface area contributed by atoms with Gasteiger partial charge >= 0.3 is 5.97 Å². The maximum atomic E-state index is 11.2. The third-order valence-corrected chi connectivity index (χ3v) is 1.95. The summed E-state index contributed by atoms with van der Waals surface area (Å²) in [6, 6.07) is 3.31. The summed E-state index contributed by atoms with van der Waals surface area (Å²) in [6.07, 6.45) is 0.140. The second kappa shape index (κ2) is 5.56. The Hall–Kier alpha value is -1.29. The second-order valence-corrected chi connectivity index (χ2v) is 3.17. The number of carbonyl (C=O) groups excluding carboxylic acids is 1. The van der Waals surface area contributed by atoms with Crippen LogP contribution in [0.15, 0.2) is 12.1 Å². The first-order valence-electron chi connectivity index (χ1n) is 4.52. The van der Waals surface area contributed by atoms with Crippen molar-refractivity contribution in [3.63, 3.8) is 0 Å². The number of esters is 1. The van der Waals surface area contributed by atoms with Gasteiger partial charge in [-0.1, -0.05) is 17.7 Å². The summed E-state index contributed by atoms with van der Waals surface area (Å²) in [4.78, 5) is 15.2. The van der Waals surface area contributed by atoms with E-state index in [4.69, 9.17) is 21.1 Å². The molecular formula is C10H12ClNO3. The molecule has 15 heavy (non-hydrogen) atoms. The molecule has 0 aliphatic carbocycles.